The zero-order valence-corrected chi connectivity index (χ0v) is 14.9. The summed E-state index contributed by atoms with van der Waals surface area (Å²) >= 11 is 1.83. The maximum atomic E-state index is 4.51. The lowest BCUT2D eigenvalue weighted by Crippen LogP contribution is -2.28. The number of fused-ring (bicyclic) bond motifs is 1. The molecule has 1 N–H and O–H groups in total. The topological polar surface area (TPSA) is 58.9 Å². The van der Waals surface area contributed by atoms with Crippen LogP contribution in [0.2, 0.25) is 0 Å². The molecule has 7 heteroatoms. The molecule has 1 aliphatic rings. The summed E-state index contributed by atoms with van der Waals surface area (Å²) in [5.41, 5.74) is 1.30. The minimum Gasteiger partial charge on any atom is -0.354 e. The highest BCUT2D eigenvalue weighted by molar-refractivity contribution is 7.09. The van der Waals surface area contributed by atoms with Gasteiger partial charge in [-0.2, -0.15) is 5.10 Å². The smallest absolute Gasteiger partial charge is 0.222 e. The van der Waals surface area contributed by atoms with Gasteiger partial charge in [0.05, 0.1) is 5.69 Å². The standard InChI is InChI=1S/C18H22N6S/c1-3-17(25-10-1)14-23-11-15(12-24-16(13-23)5-9-22-24)4-8-21-18-19-6-2-7-20-18/h1-3,5-7,9-10,15H,4,8,11-14H2,(H,19,20,21). The Morgan fingerprint density at radius 2 is 2.04 bits per heavy atom. The van der Waals surface area contributed by atoms with Crippen molar-refractivity contribution in [3.05, 3.63) is 58.8 Å². The van der Waals surface area contributed by atoms with Gasteiger partial charge in [0, 0.05) is 56.2 Å². The van der Waals surface area contributed by atoms with Crippen molar-refractivity contribution in [2.45, 2.75) is 26.1 Å². The fraction of sp³-hybridized carbons (Fsp3) is 0.389. The summed E-state index contributed by atoms with van der Waals surface area (Å²) in [7, 11) is 0. The molecule has 3 aromatic heterocycles. The van der Waals surface area contributed by atoms with Crippen LogP contribution in [-0.4, -0.2) is 37.7 Å². The van der Waals surface area contributed by atoms with E-state index in [-0.39, 0.29) is 0 Å². The quantitative estimate of drug-likeness (QED) is 0.738. The Hall–Kier alpha value is -2.25. The van der Waals surface area contributed by atoms with Gasteiger partial charge < -0.3 is 5.32 Å². The van der Waals surface area contributed by atoms with Gasteiger partial charge in [0.1, 0.15) is 0 Å². The molecule has 0 amide bonds. The normalized spacial score (nSPS) is 17.8. The summed E-state index contributed by atoms with van der Waals surface area (Å²) in [6, 6.07) is 8.32. The van der Waals surface area contributed by atoms with E-state index in [0.29, 0.717) is 11.9 Å². The van der Waals surface area contributed by atoms with Gasteiger partial charge in [-0.1, -0.05) is 6.07 Å². The molecule has 0 radical (unpaired) electrons. The van der Waals surface area contributed by atoms with Crippen LogP contribution in [0.4, 0.5) is 5.95 Å². The van der Waals surface area contributed by atoms with Crippen LogP contribution in [0.15, 0.2) is 48.2 Å². The van der Waals surface area contributed by atoms with Crippen LogP contribution in [0.5, 0.6) is 0 Å². The van der Waals surface area contributed by atoms with Crippen LogP contribution < -0.4 is 5.32 Å². The summed E-state index contributed by atoms with van der Waals surface area (Å²) in [5.74, 6) is 1.25. The van der Waals surface area contributed by atoms with Crippen molar-refractivity contribution < 1.29 is 0 Å². The molecular weight excluding hydrogens is 332 g/mol. The fourth-order valence-electron chi connectivity index (χ4n) is 3.32. The van der Waals surface area contributed by atoms with Gasteiger partial charge in [0.2, 0.25) is 5.95 Å². The molecule has 1 unspecified atom stereocenters. The van der Waals surface area contributed by atoms with E-state index in [1.165, 1.54) is 10.6 Å². The Morgan fingerprint density at radius 3 is 2.88 bits per heavy atom. The van der Waals surface area contributed by atoms with Crippen LogP contribution in [0.1, 0.15) is 17.0 Å². The number of thiophene rings is 1. The monoisotopic (exact) mass is 354 g/mol. The molecule has 4 heterocycles. The second-order valence-corrected chi connectivity index (χ2v) is 7.44. The lowest BCUT2D eigenvalue weighted by molar-refractivity contribution is 0.218. The van der Waals surface area contributed by atoms with Gasteiger partial charge in [0.25, 0.3) is 0 Å². The van der Waals surface area contributed by atoms with Crippen molar-refractivity contribution in [2.24, 2.45) is 5.92 Å². The van der Waals surface area contributed by atoms with Crippen LogP contribution in [-0.2, 0) is 19.6 Å². The largest absolute Gasteiger partial charge is 0.354 e. The first-order chi connectivity index (χ1) is 12.4. The fourth-order valence-corrected chi connectivity index (χ4v) is 4.07. The number of hydrogen-bond acceptors (Lipinski definition) is 6. The summed E-state index contributed by atoms with van der Waals surface area (Å²) in [6.45, 7) is 4.90. The number of aromatic nitrogens is 4. The summed E-state index contributed by atoms with van der Waals surface area (Å²) in [4.78, 5) is 12.4. The van der Waals surface area contributed by atoms with Gasteiger partial charge >= 0.3 is 0 Å². The molecule has 25 heavy (non-hydrogen) atoms. The summed E-state index contributed by atoms with van der Waals surface area (Å²) in [6.07, 6.45) is 6.51. The van der Waals surface area contributed by atoms with Crippen molar-refractivity contribution in [1.29, 1.82) is 0 Å². The van der Waals surface area contributed by atoms with E-state index in [0.717, 1.165) is 39.1 Å². The van der Waals surface area contributed by atoms with Crippen LogP contribution >= 0.6 is 11.3 Å². The van der Waals surface area contributed by atoms with Crippen molar-refractivity contribution in [2.75, 3.05) is 18.4 Å². The van der Waals surface area contributed by atoms with Crippen LogP contribution in [0.25, 0.3) is 0 Å². The second kappa shape index (κ2) is 7.76. The molecule has 0 aliphatic carbocycles. The molecule has 0 saturated heterocycles. The molecular formula is C18H22N6S. The Bertz CT molecular complexity index is 770. The predicted octanol–water partition coefficient (Wildman–Crippen LogP) is 2.87. The third-order valence-corrected chi connectivity index (χ3v) is 5.36. The molecule has 4 rings (SSSR count). The van der Waals surface area contributed by atoms with E-state index in [1.54, 1.807) is 12.4 Å². The molecule has 0 saturated carbocycles. The maximum Gasteiger partial charge on any atom is 0.222 e. The van der Waals surface area contributed by atoms with E-state index in [2.05, 4.69) is 53.5 Å². The number of nitrogens with one attached hydrogen (secondary N) is 1. The van der Waals surface area contributed by atoms with Gasteiger partial charge in [0.15, 0.2) is 0 Å². The molecule has 1 aliphatic heterocycles. The highest BCUT2D eigenvalue weighted by Crippen LogP contribution is 2.21. The molecule has 0 bridgehead atoms. The van der Waals surface area contributed by atoms with Crippen LogP contribution in [0.3, 0.4) is 0 Å². The van der Waals surface area contributed by atoms with E-state index >= 15 is 0 Å². The minimum atomic E-state index is 0.553. The lowest BCUT2D eigenvalue weighted by Gasteiger charge is -2.23. The van der Waals surface area contributed by atoms with Gasteiger partial charge in [-0.15, -0.1) is 11.3 Å². The second-order valence-electron chi connectivity index (χ2n) is 6.41. The average Bonchev–Trinajstić information content (AvgIpc) is 3.25. The first-order valence-electron chi connectivity index (χ1n) is 8.63. The number of hydrogen-bond donors (Lipinski definition) is 1. The van der Waals surface area contributed by atoms with E-state index in [1.807, 2.05) is 23.6 Å². The third-order valence-electron chi connectivity index (χ3n) is 4.50. The molecule has 6 nitrogen and oxygen atoms in total. The predicted molar refractivity (Wildman–Crippen MR) is 99.3 cm³/mol. The zero-order valence-electron chi connectivity index (χ0n) is 14.1. The van der Waals surface area contributed by atoms with Gasteiger partial charge in [-0.05, 0) is 35.9 Å². The number of rotatable bonds is 6. The zero-order chi connectivity index (χ0) is 16.9. The van der Waals surface area contributed by atoms with Gasteiger partial charge in [-0.3, -0.25) is 9.58 Å². The van der Waals surface area contributed by atoms with Crippen molar-refractivity contribution in [1.82, 2.24) is 24.6 Å². The Kier molecular flexibility index (Phi) is 5.03. The molecule has 3 aromatic rings. The molecule has 0 aromatic carbocycles. The first kappa shape index (κ1) is 16.2. The highest BCUT2D eigenvalue weighted by atomic mass is 32.1. The highest BCUT2D eigenvalue weighted by Gasteiger charge is 2.22. The van der Waals surface area contributed by atoms with E-state index < -0.39 is 0 Å². The molecule has 0 spiro atoms. The number of anilines is 1. The SMILES string of the molecule is c1cnc(NCCC2CN(Cc3cccs3)Cc3ccnn3C2)nc1. The molecule has 1 atom stereocenters. The third kappa shape index (κ3) is 4.24. The Labute approximate surface area is 151 Å². The van der Waals surface area contributed by atoms with Gasteiger partial charge in [-0.25, -0.2) is 9.97 Å². The van der Waals surface area contributed by atoms with Crippen molar-refractivity contribution in [3.63, 3.8) is 0 Å². The lowest BCUT2D eigenvalue weighted by atomic mass is 10.1. The average molecular weight is 354 g/mol. The Morgan fingerprint density at radius 1 is 1.12 bits per heavy atom. The van der Waals surface area contributed by atoms with Crippen LogP contribution in [0, 0.1) is 5.92 Å². The number of nitrogens with zero attached hydrogens (tertiary/aromatic N) is 5. The van der Waals surface area contributed by atoms with Crippen molar-refractivity contribution in [3.8, 4) is 0 Å². The minimum absolute atomic E-state index is 0.553. The Balaban J connectivity index is 1.40. The first-order valence-corrected chi connectivity index (χ1v) is 9.51. The van der Waals surface area contributed by atoms with E-state index in [9.17, 15) is 0 Å². The molecule has 0 fully saturated rings. The summed E-state index contributed by atoms with van der Waals surface area (Å²) < 4.78 is 2.16. The van der Waals surface area contributed by atoms with E-state index in [4.69, 9.17) is 0 Å². The maximum absolute atomic E-state index is 4.51. The molecule has 130 valence electrons. The van der Waals surface area contributed by atoms with Crippen molar-refractivity contribution >= 4 is 17.3 Å². The summed E-state index contributed by atoms with van der Waals surface area (Å²) in [5, 5.41) is 9.99.